The van der Waals surface area contributed by atoms with E-state index in [1.54, 1.807) is 18.6 Å². The Bertz CT molecular complexity index is 602. The third-order valence-corrected chi connectivity index (χ3v) is 3.38. The largest absolute Gasteiger partial charge is 0.480 e. The van der Waals surface area contributed by atoms with Crippen LogP contribution >= 0.6 is 0 Å². The monoisotopic (exact) mass is 315 g/mol. The zero-order valence-corrected chi connectivity index (χ0v) is 13.1. The Kier molecular flexibility index (Phi) is 6.50. The molecule has 0 spiro atoms. The van der Waals surface area contributed by atoms with Gasteiger partial charge in [-0.3, -0.25) is 9.78 Å². The van der Waals surface area contributed by atoms with Gasteiger partial charge in [-0.2, -0.15) is 0 Å². The first kappa shape index (κ1) is 16.9. The summed E-state index contributed by atoms with van der Waals surface area (Å²) in [6.45, 7) is 2.56. The molecule has 1 atom stereocenters. The molecular formula is C17H21N3O3. The van der Waals surface area contributed by atoms with Crippen molar-refractivity contribution in [3.63, 3.8) is 0 Å². The Balaban J connectivity index is 1.88. The number of ether oxygens (including phenoxy) is 1. The van der Waals surface area contributed by atoms with Gasteiger partial charge >= 0.3 is 5.97 Å². The predicted molar refractivity (Wildman–Crippen MR) is 86.3 cm³/mol. The average molecular weight is 315 g/mol. The standard InChI is InChI=1S/C17H21N3O3/c1-2-3-4-15(17(21)22)20-11-13-5-7-14(8-6-13)23-16-12-18-9-10-19-16/h5-10,12,15,20H,2-4,11H2,1H3,(H,21,22). The number of carboxylic acid groups (broad SMARTS) is 1. The Labute approximate surface area is 135 Å². The van der Waals surface area contributed by atoms with Crippen LogP contribution < -0.4 is 10.1 Å². The fourth-order valence-corrected chi connectivity index (χ4v) is 2.10. The highest BCUT2D eigenvalue weighted by Gasteiger charge is 2.15. The molecule has 0 aliphatic carbocycles. The minimum Gasteiger partial charge on any atom is -0.480 e. The van der Waals surface area contributed by atoms with Crippen LogP contribution in [0.3, 0.4) is 0 Å². The summed E-state index contributed by atoms with van der Waals surface area (Å²) in [5, 5.41) is 12.3. The van der Waals surface area contributed by atoms with Crippen LogP contribution in [-0.2, 0) is 11.3 Å². The van der Waals surface area contributed by atoms with Crippen molar-refractivity contribution in [3.05, 3.63) is 48.4 Å². The molecule has 0 aliphatic heterocycles. The molecule has 0 radical (unpaired) electrons. The maximum Gasteiger partial charge on any atom is 0.320 e. The van der Waals surface area contributed by atoms with Crippen molar-refractivity contribution in [3.8, 4) is 11.6 Å². The minimum absolute atomic E-state index is 0.434. The van der Waals surface area contributed by atoms with Crippen molar-refractivity contribution in [1.82, 2.24) is 15.3 Å². The van der Waals surface area contributed by atoms with Gasteiger partial charge in [0.1, 0.15) is 11.8 Å². The van der Waals surface area contributed by atoms with Crippen LogP contribution in [0.1, 0.15) is 31.7 Å². The SMILES string of the molecule is CCCCC(NCc1ccc(Oc2cnccn2)cc1)C(=O)O. The summed E-state index contributed by atoms with van der Waals surface area (Å²) in [6.07, 6.45) is 7.21. The molecular weight excluding hydrogens is 294 g/mol. The lowest BCUT2D eigenvalue weighted by Gasteiger charge is -2.14. The normalized spacial score (nSPS) is 11.9. The van der Waals surface area contributed by atoms with Crippen molar-refractivity contribution in [2.75, 3.05) is 0 Å². The van der Waals surface area contributed by atoms with Crippen LogP contribution in [0.5, 0.6) is 11.6 Å². The summed E-state index contributed by atoms with van der Waals surface area (Å²) in [4.78, 5) is 19.2. The molecule has 23 heavy (non-hydrogen) atoms. The second kappa shape index (κ2) is 8.85. The topological polar surface area (TPSA) is 84.3 Å². The summed E-state index contributed by atoms with van der Waals surface area (Å²) in [5.74, 6) is 0.292. The van der Waals surface area contributed by atoms with Crippen LogP contribution in [0.4, 0.5) is 0 Å². The fraction of sp³-hybridized carbons (Fsp3) is 0.353. The molecule has 0 saturated heterocycles. The average Bonchev–Trinajstić information content (AvgIpc) is 2.57. The summed E-state index contributed by atoms with van der Waals surface area (Å²) < 4.78 is 5.56. The van der Waals surface area contributed by atoms with E-state index >= 15 is 0 Å². The van der Waals surface area contributed by atoms with Gasteiger partial charge in [-0.15, -0.1) is 0 Å². The number of unbranched alkanes of at least 4 members (excludes halogenated alkanes) is 1. The molecule has 2 aromatic rings. The fourth-order valence-electron chi connectivity index (χ4n) is 2.10. The second-order valence-electron chi connectivity index (χ2n) is 5.20. The van der Waals surface area contributed by atoms with Crippen LogP contribution in [0.2, 0.25) is 0 Å². The third kappa shape index (κ3) is 5.67. The van der Waals surface area contributed by atoms with Crippen LogP contribution in [0.25, 0.3) is 0 Å². The molecule has 1 aromatic carbocycles. The van der Waals surface area contributed by atoms with Gasteiger partial charge in [0.15, 0.2) is 0 Å². The van der Waals surface area contributed by atoms with E-state index in [-0.39, 0.29) is 0 Å². The Morgan fingerprint density at radius 2 is 2.09 bits per heavy atom. The first-order chi connectivity index (χ1) is 11.2. The van der Waals surface area contributed by atoms with Gasteiger partial charge in [-0.25, -0.2) is 4.98 Å². The first-order valence-corrected chi connectivity index (χ1v) is 7.68. The van der Waals surface area contributed by atoms with E-state index in [1.807, 2.05) is 24.3 Å². The molecule has 122 valence electrons. The molecule has 0 fully saturated rings. The molecule has 6 nitrogen and oxygen atoms in total. The molecule has 0 bridgehead atoms. The summed E-state index contributed by atoms with van der Waals surface area (Å²) in [5.41, 5.74) is 0.999. The molecule has 1 unspecified atom stereocenters. The highest BCUT2D eigenvalue weighted by atomic mass is 16.5. The lowest BCUT2D eigenvalue weighted by Crippen LogP contribution is -2.36. The van der Waals surface area contributed by atoms with Gasteiger partial charge in [0, 0.05) is 18.9 Å². The number of aromatic nitrogens is 2. The van der Waals surface area contributed by atoms with E-state index in [0.29, 0.717) is 24.6 Å². The lowest BCUT2D eigenvalue weighted by atomic mass is 10.1. The maximum atomic E-state index is 11.2. The zero-order valence-electron chi connectivity index (χ0n) is 13.1. The van der Waals surface area contributed by atoms with Gasteiger partial charge in [-0.1, -0.05) is 31.9 Å². The highest BCUT2D eigenvalue weighted by molar-refractivity contribution is 5.73. The van der Waals surface area contributed by atoms with Crippen molar-refractivity contribution in [1.29, 1.82) is 0 Å². The molecule has 1 aromatic heterocycles. The predicted octanol–water partition coefficient (Wildman–Crippen LogP) is 3.00. The van der Waals surface area contributed by atoms with Crippen molar-refractivity contribution < 1.29 is 14.6 Å². The van der Waals surface area contributed by atoms with Crippen molar-refractivity contribution in [2.24, 2.45) is 0 Å². The van der Waals surface area contributed by atoms with Gasteiger partial charge in [0.2, 0.25) is 5.88 Å². The van der Waals surface area contributed by atoms with Gasteiger partial charge in [-0.05, 0) is 24.1 Å². The first-order valence-electron chi connectivity index (χ1n) is 7.68. The van der Waals surface area contributed by atoms with E-state index in [4.69, 9.17) is 4.74 Å². The molecule has 6 heteroatoms. The Hall–Kier alpha value is -2.47. The van der Waals surface area contributed by atoms with E-state index in [2.05, 4.69) is 22.2 Å². The minimum atomic E-state index is -0.805. The summed E-state index contributed by atoms with van der Waals surface area (Å²) >= 11 is 0. The number of hydrogen-bond acceptors (Lipinski definition) is 5. The number of nitrogens with zero attached hydrogens (tertiary/aromatic N) is 2. The van der Waals surface area contributed by atoms with E-state index in [1.165, 1.54) is 0 Å². The van der Waals surface area contributed by atoms with E-state index < -0.39 is 12.0 Å². The Morgan fingerprint density at radius 3 is 2.70 bits per heavy atom. The molecule has 0 saturated carbocycles. The highest BCUT2D eigenvalue weighted by Crippen LogP contribution is 2.18. The number of aliphatic carboxylic acids is 1. The van der Waals surface area contributed by atoms with Crippen LogP contribution in [0.15, 0.2) is 42.9 Å². The maximum absolute atomic E-state index is 11.2. The second-order valence-corrected chi connectivity index (χ2v) is 5.20. The number of hydrogen-bond donors (Lipinski definition) is 2. The van der Waals surface area contributed by atoms with Crippen molar-refractivity contribution in [2.45, 2.75) is 38.8 Å². The number of rotatable bonds is 9. The van der Waals surface area contributed by atoms with Gasteiger partial charge < -0.3 is 15.2 Å². The molecule has 2 rings (SSSR count). The van der Waals surface area contributed by atoms with Crippen LogP contribution in [-0.4, -0.2) is 27.1 Å². The number of benzene rings is 1. The number of carboxylic acids is 1. The molecule has 1 heterocycles. The lowest BCUT2D eigenvalue weighted by molar-refractivity contribution is -0.139. The summed E-state index contributed by atoms with van der Waals surface area (Å²) in [7, 11) is 0. The Morgan fingerprint density at radius 1 is 1.30 bits per heavy atom. The van der Waals surface area contributed by atoms with E-state index in [0.717, 1.165) is 18.4 Å². The smallest absolute Gasteiger partial charge is 0.320 e. The summed E-state index contributed by atoms with van der Waals surface area (Å²) in [6, 6.07) is 6.95. The van der Waals surface area contributed by atoms with Gasteiger partial charge in [0.25, 0.3) is 0 Å². The molecule has 0 amide bonds. The van der Waals surface area contributed by atoms with E-state index in [9.17, 15) is 9.90 Å². The quantitative estimate of drug-likeness (QED) is 0.740. The number of carbonyl (C=O) groups is 1. The zero-order chi connectivity index (χ0) is 16.5. The molecule has 2 N–H and O–H groups in total. The molecule has 0 aliphatic rings. The van der Waals surface area contributed by atoms with Crippen molar-refractivity contribution >= 4 is 5.97 Å². The van der Waals surface area contributed by atoms with Crippen LogP contribution in [0, 0.1) is 0 Å². The third-order valence-electron chi connectivity index (χ3n) is 3.38. The number of nitrogens with one attached hydrogen (secondary N) is 1. The van der Waals surface area contributed by atoms with Gasteiger partial charge in [0.05, 0.1) is 6.20 Å².